The second-order valence-electron chi connectivity index (χ2n) is 3.56. The van der Waals surface area contributed by atoms with Gasteiger partial charge < -0.3 is 0 Å². The fraction of sp³-hybridized carbons (Fsp3) is 0. The molecule has 0 aromatic heterocycles. The first-order chi connectivity index (χ1) is 10.2. The number of rotatable bonds is 2. The molecule has 2 rings (SSSR count). The molecule has 0 aliphatic carbocycles. The Bertz CT molecular complexity index is 569. The fourth-order valence-electron chi connectivity index (χ4n) is 1.32. The van der Waals surface area contributed by atoms with Gasteiger partial charge in [-0.3, -0.25) is 0 Å². The molecule has 0 spiro atoms. The Hall–Kier alpha value is -2.31. The normalized spacial score (nSPS) is 8.57. The van der Waals surface area contributed by atoms with E-state index in [1.165, 1.54) is 0 Å². The van der Waals surface area contributed by atoms with Crippen LogP contribution >= 0.6 is 0 Å². The van der Waals surface area contributed by atoms with Crippen molar-refractivity contribution >= 4 is 11.9 Å². The molecule has 7 heteroatoms. The molecule has 0 atom stereocenters. The summed E-state index contributed by atoms with van der Waals surface area (Å²) in [5.74, 6) is -1.42. The second-order valence-corrected chi connectivity index (χ2v) is 3.82. The molecule has 0 bridgehead atoms. The van der Waals surface area contributed by atoms with Crippen molar-refractivity contribution in [3.05, 3.63) is 71.8 Å². The van der Waals surface area contributed by atoms with Crippen LogP contribution in [0.15, 0.2) is 60.7 Å². The summed E-state index contributed by atoms with van der Waals surface area (Å²) >= 11 is -2.00. The quantitative estimate of drug-likeness (QED) is 0.479. The first-order valence-corrected chi connectivity index (χ1v) is 6.99. The second kappa shape index (κ2) is 9.57. The van der Waals surface area contributed by atoms with Gasteiger partial charge in [0.15, 0.2) is 0 Å². The van der Waals surface area contributed by atoms with Crippen molar-refractivity contribution in [2.75, 3.05) is 0 Å². The summed E-state index contributed by atoms with van der Waals surface area (Å²) in [5.41, 5.74) is 0.636. The predicted octanol–water partition coefficient (Wildman–Crippen LogP) is 2.38. The first-order valence-electron chi connectivity index (χ1n) is 5.71. The monoisotopic (exact) mass is 322 g/mol. The van der Waals surface area contributed by atoms with Crippen molar-refractivity contribution in [2.24, 2.45) is 0 Å². The SMILES string of the molecule is O=C(OOC(=O)c1ccccc1)c1ccccc1.[O]=[Ti]=[O]. The molecule has 0 fully saturated rings. The molecule has 0 saturated carbocycles. The average molecular weight is 322 g/mol. The number of carbonyl (C=O) groups excluding carboxylic acids is 2. The van der Waals surface area contributed by atoms with Gasteiger partial charge in [0.05, 0.1) is 11.1 Å². The van der Waals surface area contributed by atoms with Gasteiger partial charge in [-0.05, 0) is 24.3 Å². The Kier molecular flexibility index (Phi) is 7.64. The van der Waals surface area contributed by atoms with E-state index in [1.54, 1.807) is 60.7 Å². The maximum absolute atomic E-state index is 11.5. The Morgan fingerprint density at radius 2 is 0.952 bits per heavy atom. The van der Waals surface area contributed by atoms with E-state index in [0.29, 0.717) is 11.1 Å². The van der Waals surface area contributed by atoms with Crippen LogP contribution in [-0.4, -0.2) is 11.9 Å². The van der Waals surface area contributed by atoms with Crippen LogP contribution in [0, 0.1) is 0 Å². The Morgan fingerprint density at radius 1 is 0.667 bits per heavy atom. The molecule has 6 nitrogen and oxygen atoms in total. The van der Waals surface area contributed by atoms with E-state index < -0.39 is 31.0 Å². The van der Waals surface area contributed by atoms with E-state index in [0.717, 1.165) is 0 Å². The van der Waals surface area contributed by atoms with Gasteiger partial charge in [0.25, 0.3) is 0 Å². The average Bonchev–Trinajstić information content (AvgIpc) is 2.54. The first kappa shape index (κ1) is 16.7. The molecule has 0 amide bonds. The fourth-order valence-corrected chi connectivity index (χ4v) is 1.32. The number of hydrogen-bond acceptors (Lipinski definition) is 6. The molecule has 0 heterocycles. The van der Waals surface area contributed by atoms with Crippen LogP contribution in [0.25, 0.3) is 0 Å². The van der Waals surface area contributed by atoms with Crippen LogP contribution in [0.4, 0.5) is 0 Å². The van der Waals surface area contributed by atoms with Crippen LogP contribution in [0.2, 0.25) is 0 Å². The molecule has 2 aromatic rings. The van der Waals surface area contributed by atoms with Crippen molar-refractivity contribution in [3.63, 3.8) is 0 Å². The van der Waals surface area contributed by atoms with Gasteiger partial charge in [0, 0.05) is 0 Å². The van der Waals surface area contributed by atoms with E-state index >= 15 is 0 Å². The van der Waals surface area contributed by atoms with E-state index in [4.69, 9.17) is 6.65 Å². The number of carbonyl (C=O) groups is 2. The van der Waals surface area contributed by atoms with Crippen molar-refractivity contribution in [1.29, 1.82) is 0 Å². The van der Waals surface area contributed by atoms with Crippen LogP contribution in [-0.2, 0) is 35.5 Å². The summed E-state index contributed by atoms with van der Waals surface area (Å²) in [7, 11) is 0. The molecule has 0 radical (unpaired) electrons. The molecule has 21 heavy (non-hydrogen) atoms. The zero-order chi connectivity index (χ0) is 15.5. The van der Waals surface area contributed by atoms with Gasteiger partial charge in [-0.25, -0.2) is 19.4 Å². The van der Waals surface area contributed by atoms with Gasteiger partial charge >= 0.3 is 37.7 Å². The third-order valence-corrected chi connectivity index (χ3v) is 2.21. The zero-order valence-corrected chi connectivity index (χ0v) is 12.3. The van der Waals surface area contributed by atoms with Crippen molar-refractivity contribution in [3.8, 4) is 0 Å². The van der Waals surface area contributed by atoms with Gasteiger partial charge in [0.2, 0.25) is 0 Å². The van der Waals surface area contributed by atoms with Crippen LogP contribution in [0.1, 0.15) is 20.7 Å². The summed E-state index contributed by atoms with van der Waals surface area (Å²) in [4.78, 5) is 31.9. The van der Waals surface area contributed by atoms with Crippen molar-refractivity contribution < 1.29 is 45.1 Å². The van der Waals surface area contributed by atoms with Crippen LogP contribution in [0.3, 0.4) is 0 Å². The third-order valence-electron chi connectivity index (χ3n) is 2.21. The molecule has 0 unspecified atom stereocenters. The Labute approximate surface area is 129 Å². The van der Waals surface area contributed by atoms with Crippen molar-refractivity contribution in [1.82, 2.24) is 0 Å². The molecular formula is C14H10O6Ti. The zero-order valence-electron chi connectivity index (χ0n) is 10.7. The van der Waals surface area contributed by atoms with Gasteiger partial charge in [-0.1, -0.05) is 36.4 Å². The summed E-state index contributed by atoms with van der Waals surface area (Å²) in [6.07, 6.45) is 0. The Balaban J connectivity index is 0.000000677. The molecular weight excluding hydrogens is 312 g/mol. The van der Waals surface area contributed by atoms with E-state index in [9.17, 15) is 9.59 Å². The number of benzene rings is 2. The van der Waals surface area contributed by atoms with E-state index in [-0.39, 0.29) is 0 Å². The topological polar surface area (TPSA) is 86.7 Å². The molecule has 0 saturated heterocycles. The van der Waals surface area contributed by atoms with Gasteiger partial charge in [-0.2, -0.15) is 0 Å². The Morgan fingerprint density at radius 3 is 1.24 bits per heavy atom. The molecule has 106 valence electrons. The van der Waals surface area contributed by atoms with E-state index in [2.05, 4.69) is 9.78 Å². The summed E-state index contributed by atoms with van der Waals surface area (Å²) in [6, 6.07) is 16.6. The minimum absolute atomic E-state index is 0.318. The predicted molar refractivity (Wildman–Crippen MR) is 65.1 cm³/mol. The maximum atomic E-state index is 11.5. The van der Waals surface area contributed by atoms with Crippen LogP contribution in [0.5, 0.6) is 0 Å². The van der Waals surface area contributed by atoms with Gasteiger partial charge in [-0.15, -0.1) is 0 Å². The number of hydrogen-bond donors (Lipinski definition) is 0. The van der Waals surface area contributed by atoms with Crippen molar-refractivity contribution in [2.45, 2.75) is 0 Å². The summed E-state index contributed by atoms with van der Waals surface area (Å²) < 4.78 is 17.0. The van der Waals surface area contributed by atoms with E-state index in [1.807, 2.05) is 0 Å². The third kappa shape index (κ3) is 6.12. The molecule has 0 aliphatic heterocycles. The molecule has 0 aliphatic rings. The summed E-state index contributed by atoms with van der Waals surface area (Å²) in [5, 5.41) is 0. The molecule has 2 aromatic carbocycles. The minimum atomic E-state index is -2.00. The summed E-state index contributed by atoms with van der Waals surface area (Å²) in [6.45, 7) is 0. The molecule has 0 N–H and O–H groups in total. The van der Waals surface area contributed by atoms with Gasteiger partial charge in [0.1, 0.15) is 0 Å². The standard InChI is InChI=1S/C14H10O4.2O.Ti/c15-13(11-7-3-1-4-8-11)17-18-14(16)12-9-5-2-6-10-12;;;/h1-10H;;;. The van der Waals surface area contributed by atoms with Crippen LogP contribution < -0.4 is 0 Å².